The first-order valence-corrected chi connectivity index (χ1v) is 4.42. The Morgan fingerprint density at radius 2 is 2.12 bits per heavy atom. The maximum atomic E-state index is 13.2. The predicted octanol–water partition coefficient (Wildman–Crippen LogP) is 2.14. The van der Waals surface area contributed by atoms with Crippen molar-refractivity contribution in [2.45, 2.75) is 13.3 Å². The first-order valence-electron chi connectivity index (χ1n) is 4.42. The summed E-state index contributed by atoms with van der Waals surface area (Å²) in [6.45, 7) is 0.424. The summed E-state index contributed by atoms with van der Waals surface area (Å²) < 4.78 is 40.9. The van der Waals surface area contributed by atoms with Crippen molar-refractivity contribution in [1.29, 1.82) is 0 Å². The van der Waals surface area contributed by atoms with E-state index in [0.717, 1.165) is 6.07 Å². The monoisotopic (exact) mass is 233 g/mol. The Kier molecular flexibility index (Phi) is 3.76. The van der Waals surface area contributed by atoms with Crippen LogP contribution in [0.3, 0.4) is 0 Å². The molecular formula is C10H10F3NO2. The molecule has 16 heavy (non-hydrogen) atoms. The number of hydrogen-bond donors (Lipinski definition) is 1. The molecule has 88 valence electrons. The third kappa shape index (κ3) is 2.88. The van der Waals surface area contributed by atoms with Crippen molar-refractivity contribution < 1.29 is 22.7 Å². The number of ether oxygens (including phenoxy) is 1. The molecule has 0 spiro atoms. The normalized spacial score (nSPS) is 10.6. The number of hydrogen-bond acceptors (Lipinski definition) is 3. The number of benzene rings is 1. The summed E-state index contributed by atoms with van der Waals surface area (Å²) in [4.78, 5) is 11.2. The van der Waals surface area contributed by atoms with E-state index in [1.807, 2.05) is 0 Å². The number of halogens is 3. The third-order valence-corrected chi connectivity index (χ3v) is 1.96. The van der Waals surface area contributed by atoms with Gasteiger partial charge in [-0.05, 0) is 19.1 Å². The first kappa shape index (κ1) is 12.4. The number of nitrogens with two attached hydrogens (primary N) is 1. The van der Waals surface area contributed by atoms with E-state index in [4.69, 9.17) is 5.73 Å². The summed E-state index contributed by atoms with van der Waals surface area (Å²) in [7, 11) is 0. The number of alkyl halides is 2. The maximum absolute atomic E-state index is 13.2. The van der Waals surface area contributed by atoms with Crippen LogP contribution in [0.25, 0.3) is 0 Å². The lowest BCUT2D eigenvalue weighted by Gasteiger charge is -2.07. The molecule has 0 amide bonds. The van der Waals surface area contributed by atoms with Crippen LogP contribution in [0.4, 0.5) is 18.9 Å². The zero-order valence-electron chi connectivity index (χ0n) is 8.47. The zero-order valence-corrected chi connectivity index (χ0v) is 8.47. The number of nitrogen functional groups attached to an aromatic ring is 1. The quantitative estimate of drug-likeness (QED) is 0.642. The Bertz CT molecular complexity index is 384. The summed E-state index contributed by atoms with van der Waals surface area (Å²) in [6.07, 6.45) is -2.75. The second-order valence-corrected chi connectivity index (χ2v) is 3.16. The molecule has 1 rings (SSSR count). The van der Waals surface area contributed by atoms with Crippen LogP contribution in [-0.2, 0) is 4.74 Å². The Morgan fingerprint density at radius 3 is 2.62 bits per heavy atom. The highest BCUT2D eigenvalue weighted by molar-refractivity contribution is 5.90. The van der Waals surface area contributed by atoms with Crippen LogP contribution in [0.15, 0.2) is 12.1 Å². The third-order valence-electron chi connectivity index (χ3n) is 1.96. The van der Waals surface area contributed by atoms with Gasteiger partial charge in [-0.25, -0.2) is 18.0 Å². The molecule has 0 aliphatic carbocycles. The van der Waals surface area contributed by atoms with Gasteiger partial charge in [0.1, 0.15) is 5.82 Å². The van der Waals surface area contributed by atoms with E-state index in [1.165, 1.54) is 13.0 Å². The highest BCUT2D eigenvalue weighted by Gasteiger charge is 2.14. The van der Waals surface area contributed by atoms with Crippen molar-refractivity contribution in [3.05, 3.63) is 29.1 Å². The smallest absolute Gasteiger partial charge is 0.338 e. The van der Waals surface area contributed by atoms with Gasteiger partial charge in [0.2, 0.25) is 0 Å². The van der Waals surface area contributed by atoms with Gasteiger partial charge < -0.3 is 10.5 Å². The van der Waals surface area contributed by atoms with E-state index in [0.29, 0.717) is 0 Å². The second-order valence-electron chi connectivity index (χ2n) is 3.16. The molecule has 1 aromatic rings. The lowest BCUT2D eigenvalue weighted by molar-refractivity contribution is 0.0159. The summed E-state index contributed by atoms with van der Waals surface area (Å²) >= 11 is 0. The summed E-state index contributed by atoms with van der Waals surface area (Å²) in [5.41, 5.74) is 5.51. The van der Waals surface area contributed by atoms with Gasteiger partial charge in [-0.3, -0.25) is 0 Å². The lowest BCUT2D eigenvalue weighted by atomic mass is 10.1. The fraction of sp³-hybridized carbons (Fsp3) is 0.300. The van der Waals surface area contributed by atoms with Crippen LogP contribution in [0, 0.1) is 12.7 Å². The van der Waals surface area contributed by atoms with Gasteiger partial charge in [0, 0.05) is 11.3 Å². The SMILES string of the molecule is Cc1c(N)cc(C(=O)OCC(F)F)cc1F. The van der Waals surface area contributed by atoms with E-state index in [-0.39, 0.29) is 16.8 Å². The number of esters is 1. The van der Waals surface area contributed by atoms with Crippen LogP contribution in [-0.4, -0.2) is 19.0 Å². The van der Waals surface area contributed by atoms with Gasteiger partial charge in [-0.15, -0.1) is 0 Å². The largest absolute Gasteiger partial charge is 0.456 e. The average Bonchev–Trinajstić information content (AvgIpc) is 2.21. The van der Waals surface area contributed by atoms with E-state index in [2.05, 4.69) is 4.74 Å². The second kappa shape index (κ2) is 4.87. The molecule has 3 nitrogen and oxygen atoms in total. The number of anilines is 1. The van der Waals surface area contributed by atoms with E-state index in [9.17, 15) is 18.0 Å². The van der Waals surface area contributed by atoms with Crippen LogP contribution in [0.5, 0.6) is 0 Å². The van der Waals surface area contributed by atoms with Gasteiger partial charge in [-0.2, -0.15) is 0 Å². The molecule has 0 bridgehead atoms. The minimum absolute atomic E-state index is 0.0731. The molecule has 0 saturated heterocycles. The Labute approximate surface area is 90.0 Å². The number of rotatable bonds is 3. The minimum atomic E-state index is -2.75. The highest BCUT2D eigenvalue weighted by atomic mass is 19.3. The zero-order chi connectivity index (χ0) is 12.3. The van der Waals surface area contributed by atoms with Crippen molar-refractivity contribution in [3.8, 4) is 0 Å². The van der Waals surface area contributed by atoms with Crippen molar-refractivity contribution in [2.24, 2.45) is 0 Å². The van der Waals surface area contributed by atoms with Crippen LogP contribution in [0.1, 0.15) is 15.9 Å². The molecule has 0 aromatic heterocycles. The van der Waals surface area contributed by atoms with Crippen molar-refractivity contribution in [2.75, 3.05) is 12.3 Å². The van der Waals surface area contributed by atoms with E-state index < -0.39 is 24.8 Å². The topological polar surface area (TPSA) is 52.3 Å². The molecular weight excluding hydrogens is 223 g/mol. The van der Waals surface area contributed by atoms with Gasteiger partial charge in [0.25, 0.3) is 6.43 Å². The Hall–Kier alpha value is -1.72. The Balaban J connectivity index is 2.84. The van der Waals surface area contributed by atoms with E-state index >= 15 is 0 Å². The molecule has 0 radical (unpaired) electrons. The molecule has 0 heterocycles. The fourth-order valence-electron chi connectivity index (χ4n) is 1.04. The Morgan fingerprint density at radius 1 is 1.50 bits per heavy atom. The minimum Gasteiger partial charge on any atom is -0.456 e. The fourth-order valence-corrected chi connectivity index (χ4v) is 1.04. The van der Waals surface area contributed by atoms with Gasteiger partial charge in [0.15, 0.2) is 6.61 Å². The van der Waals surface area contributed by atoms with Crippen LogP contribution in [0.2, 0.25) is 0 Å². The van der Waals surface area contributed by atoms with Crippen molar-refractivity contribution in [3.63, 3.8) is 0 Å². The molecule has 0 atom stereocenters. The summed E-state index contributed by atoms with van der Waals surface area (Å²) in [5.74, 6) is -1.70. The molecule has 0 aliphatic rings. The van der Waals surface area contributed by atoms with Crippen molar-refractivity contribution in [1.82, 2.24) is 0 Å². The predicted molar refractivity (Wildman–Crippen MR) is 51.8 cm³/mol. The molecule has 6 heteroatoms. The van der Waals surface area contributed by atoms with Crippen LogP contribution < -0.4 is 5.73 Å². The molecule has 1 aromatic carbocycles. The lowest BCUT2D eigenvalue weighted by Crippen LogP contribution is -2.12. The average molecular weight is 233 g/mol. The molecule has 0 unspecified atom stereocenters. The highest BCUT2D eigenvalue weighted by Crippen LogP contribution is 2.18. The first-order chi connectivity index (χ1) is 7.41. The molecule has 0 saturated carbocycles. The van der Waals surface area contributed by atoms with Gasteiger partial charge >= 0.3 is 5.97 Å². The number of carbonyl (C=O) groups excluding carboxylic acids is 1. The van der Waals surface area contributed by atoms with E-state index in [1.54, 1.807) is 0 Å². The molecule has 0 fully saturated rings. The van der Waals surface area contributed by atoms with Gasteiger partial charge in [-0.1, -0.05) is 0 Å². The maximum Gasteiger partial charge on any atom is 0.338 e. The number of carbonyl (C=O) groups is 1. The van der Waals surface area contributed by atoms with Gasteiger partial charge in [0.05, 0.1) is 5.56 Å². The summed E-state index contributed by atoms with van der Waals surface area (Å²) in [5, 5.41) is 0. The molecule has 0 aliphatic heterocycles. The van der Waals surface area contributed by atoms with Crippen LogP contribution >= 0.6 is 0 Å². The summed E-state index contributed by atoms with van der Waals surface area (Å²) in [6, 6.07) is 2.09. The van der Waals surface area contributed by atoms with Crippen molar-refractivity contribution >= 4 is 11.7 Å². The standard InChI is InChI=1S/C10H10F3NO2/c1-5-7(11)2-6(3-8(5)14)10(15)16-4-9(12)13/h2-3,9H,4,14H2,1H3. The molecule has 2 N–H and O–H groups in total.